The fraction of sp³-hybridized carbons (Fsp3) is 0.467. The summed E-state index contributed by atoms with van der Waals surface area (Å²) in [5.74, 6) is -1.00. The molecule has 0 bridgehead atoms. The number of hydrogen-bond donors (Lipinski definition) is 2. The van der Waals surface area contributed by atoms with Gasteiger partial charge in [-0.1, -0.05) is 6.92 Å². The molecule has 0 saturated carbocycles. The second-order valence-electron chi connectivity index (χ2n) is 5.71. The van der Waals surface area contributed by atoms with E-state index < -0.39 is 25.8 Å². The molecule has 1 fully saturated rings. The van der Waals surface area contributed by atoms with Crippen molar-refractivity contribution < 1.29 is 26.4 Å². The first-order valence-electron chi connectivity index (χ1n) is 8.01. The summed E-state index contributed by atoms with van der Waals surface area (Å²) in [5, 5.41) is 5.04. The SMILES string of the molecule is CCS(=O)(=O)CCNC(=O)c1ccc(S(=O)(=O)N2CCNC(=O)C2)cc1. The van der Waals surface area contributed by atoms with Crippen molar-refractivity contribution >= 4 is 31.7 Å². The fourth-order valence-electron chi connectivity index (χ4n) is 2.31. The van der Waals surface area contributed by atoms with Crippen molar-refractivity contribution in [1.82, 2.24) is 14.9 Å². The maximum Gasteiger partial charge on any atom is 0.251 e. The lowest BCUT2D eigenvalue weighted by Crippen LogP contribution is -2.49. The molecule has 1 saturated heterocycles. The molecule has 2 amide bonds. The summed E-state index contributed by atoms with van der Waals surface area (Å²) in [6, 6.07) is 5.28. The molecule has 9 nitrogen and oxygen atoms in total. The van der Waals surface area contributed by atoms with E-state index >= 15 is 0 Å². The van der Waals surface area contributed by atoms with Crippen LogP contribution in [-0.4, -0.2) is 70.6 Å². The molecule has 0 radical (unpaired) electrons. The zero-order valence-corrected chi connectivity index (χ0v) is 15.9. The second kappa shape index (κ2) is 8.14. The van der Waals surface area contributed by atoms with Crippen LogP contribution < -0.4 is 10.6 Å². The van der Waals surface area contributed by atoms with Crippen molar-refractivity contribution in [1.29, 1.82) is 0 Å². The molecule has 1 aromatic rings. The summed E-state index contributed by atoms with van der Waals surface area (Å²) in [4.78, 5) is 23.4. The average Bonchev–Trinajstić information content (AvgIpc) is 2.61. The zero-order chi connectivity index (χ0) is 19.4. The number of carbonyl (C=O) groups excluding carboxylic acids is 2. The number of sulfone groups is 1. The standard InChI is InChI=1S/C15H21N3O6S2/c1-2-25(21,22)10-8-17-15(20)12-3-5-13(6-4-12)26(23,24)18-9-7-16-14(19)11-18/h3-6H,2,7-11H2,1H3,(H,16,19)(H,17,20). The van der Waals surface area contributed by atoms with Gasteiger partial charge in [0, 0.05) is 31.0 Å². The monoisotopic (exact) mass is 403 g/mol. The number of nitrogens with one attached hydrogen (secondary N) is 2. The van der Waals surface area contributed by atoms with Gasteiger partial charge in [-0.05, 0) is 24.3 Å². The van der Waals surface area contributed by atoms with Gasteiger partial charge in [0.1, 0.15) is 0 Å². The van der Waals surface area contributed by atoms with E-state index in [9.17, 15) is 26.4 Å². The van der Waals surface area contributed by atoms with E-state index in [2.05, 4.69) is 10.6 Å². The summed E-state index contributed by atoms with van der Waals surface area (Å²) < 4.78 is 48.9. The number of carbonyl (C=O) groups is 2. The molecule has 144 valence electrons. The Bertz CT molecular complexity index is 878. The quantitative estimate of drug-likeness (QED) is 0.599. The Morgan fingerprint density at radius 3 is 2.42 bits per heavy atom. The van der Waals surface area contributed by atoms with Gasteiger partial charge in [0.05, 0.1) is 17.2 Å². The molecular formula is C15H21N3O6S2. The number of rotatable bonds is 7. The highest BCUT2D eigenvalue weighted by atomic mass is 32.2. The highest BCUT2D eigenvalue weighted by Gasteiger charge is 2.29. The smallest absolute Gasteiger partial charge is 0.251 e. The third-order valence-corrected chi connectivity index (χ3v) is 7.46. The Balaban J connectivity index is 2.03. The number of benzene rings is 1. The Morgan fingerprint density at radius 1 is 1.19 bits per heavy atom. The van der Waals surface area contributed by atoms with Crippen LogP contribution in [-0.2, 0) is 24.7 Å². The van der Waals surface area contributed by atoms with E-state index in [1.165, 1.54) is 31.2 Å². The van der Waals surface area contributed by atoms with Crippen LogP contribution in [0.1, 0.15) is 17.3 Å². The summed E-state index contributed by atoms with van der Waals surface area (Å²) in [6.45, 7) is 1.71. The highest BCUT2D eigenvalue weighted by Crippen LogP contribution is 2.17. The zero-order valence-electron chi connectivity index (χ0n) is 14.3. The van der Waals surface area contributed by atoms with Gasteiger partial charge in [-0.2, -0.15) is 4.31 Å². The minimum Gasteiger partial charge on any atom is -0.354 e. The Morgan fingerprint density at radius 2 is 1.85 bits per heavy atom. The largest absolute Gasteiger partial charge is 0.354 e. The maximum absolute atomic E-state index is 12.5. The molecule has 2 N–H and O–H groups in total. The van der Waals surface area contributed by atoms with Crippen LogP contribution in [0, 0.1) is 0 Å². The average molecular weight is 403 g/mol. The van der Waals surface area contributed by atoms with Crippen molar-refractivity contribution in [2.75, 3.05) is 37.7 Å². The van der Waals surface area contributed by atoms with E-state index in [4.69, 9.17) is 0 Å². The predicted molar refractivity (Wildman–Crippen MR) is 94.9 cm³/mol. The Labute approximate surface area is 152 Å². The van der Waals surface area contributed by atoms with Gasteiger partial charge in [0.25, 0.3) is 5.91 Å². The molecule has 0 spiro atoms. The van der Waals surface area contributed by atoms with Crippen molar-refractivity contribution in [3.8, 4) is 0 Å². The molecule has 1 aliphatic rings. The fourth-order valence-corrected chi connectivity index (χ4v) is 4.41. The van der Waals surface area contributed by atoms with Crippen LogP contribution in [0.25, 0.3) is 0 Å². The molecule has 2 rings (SSSR count). The predicted octanol–water partition coefficient (Wildman–Crippen LogP) is -1.03. The third kappa shape index (κ3) is 5.02. The number of sulfonamides is 1. The highest BCUT2D eigenvalue weighted by molar-refractivity contribution is 7.91. The molecule has 1 aromatic carbocycles. The van der Waals surface area contributed by atoms with E-state index in [0.717, 1.165) is 4.31 Å². The van der Waals surface area contributed by atoms with Crippen molar-refractivity contribution in [2.24, 2.45) is 0 Å². The normalized spacial score (nSPS) is 16.1. The van der Waals surface area contributed by atoms with Gasteiger partial charge >= 0.3 is 0 Å². The summed E-state index contributed by atoms with van der Waals surface area (Å²) in [5.41, 5.74) is 0.217. The Kier molecular flexibility index (Phi) is 6.37. The van der Waals surface area contributed by atoms with Crippen LogP contribution in [0.2, 0.25) is 0 Å². The lowest BCUT2D eigenvalue weighted by molar-refractivity contribution is -0.122. The summed E-state index contributed by atoms with van der Waals surface area (Å²) in [6.07, 6.45) is 0. The maximum atomic E-state index is 12.5. The number of amides is 2. The molecule has 0 atom stereocenters. The molecule has 11 heteroatoms. The van der Waals surface area contributed by atoms with E-state index in [0.29, 0.717) is 0 Å². The first kappa shape index (κ1) is 20.3. The van der Waals surface area contributed by atoms with E-state index in [1.54, 1.807) is 0 Å². The van der Waals surface area contributed by atoms with Crippen LogP contribution >= 0.6 is 0 Å². The molecular weight excluding hydrogens is 382 g/mol. The van der Waals surface area contributed by atoms with Crippen molar-refractivity contribution in [3.05, 3.63) is 29.8 Å². The van der Waals surface area contributed by atoms with E-state index in [-0.39, 0.29) is 54.1 Å². The van der Waals surface area contributed by atoms with Crippen LogP contribution in [0.4, 0.5) is 0 Å². The minimum atomic E-state index is -3.82. The first-order chi connectivity index (χ1) is 12.2. The van der Waals surface area contributed by atoms with Gasteiger partial charge in [0.2, 0.25) is 15.9 Å². The van der Waals surface area contributed by atoms with Crippen LogP contribution in [0.3, 0.4) is 0 Å². The van der Waals surface area contributed by atoms with Gasteiger partial charge in [-0.25, -0.2) is 16.8 Å². The van der Waals surface area contributed by atoms with Crippen LogP contribution in [0.15, 0.2) is 29.2 Å². The molecule has 1 heterocycles. The Hall–Kier alpha value is -1.98. The second-order valence-corrected chi connectivity index (χ2v) is 10.1. The molecule has 0 unspecified atom stereocenters. The minimum absolute atomic E-state index is 0.00392. The molecule has 1 aliphatic heterocycles. The lowest BCUT2D eigenvalue weighted by Gasteiger charge is -2.25. The third-order valence-electron chi connectivity index (χ3n) is 3.90. The van der Waals surface area contributed by atoms with Gasteiger partial charge < -0.3 is 10.6 Å². The van der Waals surface area contributed by atoms with Gasteiger partial charge in [0.15, 0.2) is 9.84 Å². The van der Waals surface area contributed by atoms with E-state index in [1.807, 2.05) is 0 Å². The first-order valence-corrected chi connectivity index (χ1v) is 11.3. The molecule has 26 heavy (non-hydrogen) atoms. The number of nitrogens with zero attached hydrogens (tertiary/aromatic N) is 1. The molecule has 0 aromatic heterocycles. The topological polar surface area (TPSA) is 130 Å². The summed E-state index contributed by atoms with van der Waals surface area (Å²) in [7, 11) is -6.99. The molecule has 0 aliphatic carbocycles. The van der Waals surface area contributed by atoms with Crippen molar-refractivity contribution in [3.63, 3.8) is 0 Å². The van der Waals surface area contributed by atoms with Crippen molar-refractivity contribution in [2.45, 2.75) is 11.8 Å². The van der Waals surface area contributed by atoms with Gasteiger partial charge in [-0.15, -0.1) is 0 Å². The summed E-state index contributed by atoms with van der Waals surface area (Å²) >= 11 is 0. The number of hydrogen-bond acceptors (Lipinski definition) is 6. The lowest BCUT2D eigenvalue weighted by atomic mass is 10.2. The number of piperazine rings is 1. The van der Waals surface area contributed by atoms with Crippen LogP contribution in [0.5, 0.6) is 0 Å². The van der Waals surface area contributed by atoms with Gasteiger partial charge in [-0.3, -0.25) is 9.59 Å².